The van der Waals surface area contributed by atoms with Gasteiger partial charge in [0.15, 0.2) is 0 Å². The Hall–Kier alpha value is -3.78. The van der Waals surface area contributed by atoms with E-state index in [1.54, 1.807) is 12.1 Å². The van der Waals surface area contributed by atoms with Crippen molar-refractivity contribution in [3.05, 3.63) is 90.0 Å². The van der Waals surface area contributed by atoms with Crippen molar-refractivity contribution in [2.45, 2.75) is 6.10 Å². The summed E-state index contributed by atoms with van der Waals surface area (Å²) in [6.07, 6.45) is 6.50. The number of hydrogen-bond acceptors (Lipinski definition) is 6. The molecule has 0 saturated carbocycles. The van der Waals surface area contributed by atoms with Gasteiger partial charge in [0, 0.05) is 45.1 Å². The van der Waals surface area contributed by atoms with Gasteiger partial charge >= 0.3 is 5.97 Å². The van der Waals surface area contributed by atoms with Crippen LogP contribution in [0.1, 0.15) is 15.9 Å². The van der Waals surface area contributed by atoms with E-state index in [1.807, 2.05) is 47.4 Å². The van der Waals surface area contributed by atoms with Crippen LogP contribution in [0.2, 0.25) is 0 Å². The predicted molar refractivity (Wildman–Crippen MR) is 124 cm³/mol. The lowest BCUT2D eigenvalue weighted by molar-refractivity contribution is 0.0696. The number of carboxylic acids is 1. The molecule has 1 aliphatic heterocycles. The molecule has 33 heavy (non-hydrogen) atoms. The van der Waals surface area contributed by atoms with Gasteiger partial charge in [-0.3, -0.25) is 4.90 Å². The zero-order chi connectivity index (χ0) is 23.0. The summed E-state index contributed by atoms with van der Waals surface area (Å²) >= 11 is 0. The lowest BCUT2D eigenvalue weighted by Crippen LogP contribution is -2.49. The highest BCUT2D eigenvalue weighted by atomic mass is 19.1. The number of halogens is 1. The zero-order valence-corrected chi connectivity index (χ0v) is 18.0. The van der Waals surface area contributed by atoms with Crippen molar-refractivity contribution >= 4 is 18.0 Å². The highest BCUT2D eigenvalue weighted by molar-refractivity contribution is 5.86. The van der Waals surface area contributed by atoms with Crippen molar-refractivity contribution in [2.75, 3.05) is 37.6 Å². The number of hydrogen-bond donors (Lipinski definition) is 1. The van der Waals surface area contributed by atoms with Crippen LogP contribution in [-0.4, -0.2) is 64.8 Å². The highest BCUT2D eigenvalue weighted by Gasteiger charge is 2.22. The Kier molecular flexibility index (Phi) is 7.26. The fourth-order valence-electron chi connectivity index (χ4n) is 3.59. The summed E-state index contributed by atoms with van der Waals surface area (Å²) in [4.78, 5) is 23.7. The summed E-state index contributed by atoms with van der Waals surface area (Å²) in [7, 11) is 0. The first-order valence-electron chi connectivity index (χ1n) is 10.7. The average Bonchev–Trinajstić information content (AvgIpc) is 2.85. The zero-order valence-electron chi connectivity index (χ0n) is 18.0. The molecule has 0 spiro atoms. The minimum absolute atomic E-state index is 0.0726. The average molecular weight is 448 g/mol. The van der Waals surface area contributed by atoms with Crippen molar-refractivity contribution in [1.29, 1.82) is 0 Å². The van der Waals surface area contributed by atoms with E-state index >= 15 is 0 Å². The van der Waals surface area contributed by atoms with E-state index in [4.69, 9.17) is 9.84 Å². The second-order valence-corrected chi connectivity index (χ2v) is 7.74. The second-order valence-electron chi connectivity index (χ2n) is 7.74. The summed E-state index contributed by atoms with van der Waals surface area (Å²) in [6, 6.07) is 16.1. The lowest BCUT2D eigenvalue weighted by atomic mass is 10.1. The number of carbonyl (C=O) groups is 1. The van der Waals surface area contributed by atoms with Crippen molar-refractivity contribution in [3.63, 3.8) is 0 Å². The van der Waals surface area contributed by atoms with E-state index in [0.717, 1.165) is 31.7 Å². The summed E-state index contributed by atoms with van der Waals surface area (Å²) in [5.41, 5.74) is 1.15. The summed E-state index contributed by atoms with van der Waals surface area (Å²) in [6.45, 7) is 3.68. The van der Waals surface area contributed by atoms with E-state index in [9.17, 15) is 9.18 Å². The van der Waals surface area contributed by atoms with Crippen LogP contribution in [0, 0.1) is 5.82 Å². The number of ether oxygens (including phenoxy) is 1. The maximum Gasteiger partial charge on any atom is 0.338 e. The van der Waals surface area contributed by atoms with Gasteiger partial charge in [-0.25, -0.2) is 19.2 Å². The molecule has 1 aromatic heterocycles. The minimum Gasteiger partial charge on any atom is -0.485 e. The molecule has 7 nitrogen and oxygen atoms in total. The summed E-state index contributed by atoms with van der Waals surface area (Å²) in [5, 5.41) is 9.00. The minimum atomic E-state index is -1.04. The smallest absolute Gasteiger partial charge is 0.338 e. The van der Waals surface area contributed by atoms with Gasteiger partial charge in [0.1, 0.15) is 17.7 Å². The first-order valence-corrected chi connectivity index (χ1v) is 10.7. The molecule has 0 amide bonds. The van der Waals surface area contributed by atoms with E-state index in [1.165, 1.54) is 24.5 Å². The number of piperazine rings is 1. The van der Waals surface area contributed by atoms with Gasteiger partial charge in [0.25, 0.3) is 0 Å². The highest BCUT2D eigenvalue weighted by Crippen LogP contribution is 2.17. The molecule has 1 aliphatic rings. The van der Waals surface area contributed by atoms with Crippen LogP contribution in [0.15, 0.2) is 73.1 Å². The van der Waals surface area contributed by atoms with Crippen LogP contribution in [-0.2, 0) is 0 Å². The van der Waals surface area contributed by atoms with Gasteiger partial charge in [-0.2, -0.15) is 0 Å². The Morgan fingerprint density at radius 2 is 1.70 bits per heavy atom. The molecule has 8 heteroatoms. The molecular formula is C25H25FN4O3. The molecular weight excluding hydrogens is 423 g/mol. The van der Waals surface area contributed by atoms with Crippen LogP contribution in [0.4, 0.5) is 10.3 Å². The van der Waals surface area contributed by atoms with Crippen LogP contribution in [0.5, 0.6) is 5.75 Å². The molecule has 1 fully saturated rings. The number of aromatic nitrogens is 2. The molecule has 0 bridgehead atoms. The van der Waals surface area contributed by atoms with Gasteiger partial charge in [0.2, 0.25) is 5.95 Å². The van der Waals surface area contributed by atoms with E-state index in [-0.39, 0.29) is 17.5 Å². The molecule has 0 radical (unpaired) electrons. The van der Waals surface area contributed by atoms with Gasteiger partial charge in [-0.1, -0.05) is 36.4 Å². The van der Waals surface area contributed by atoms with Crippen molar-refractivity contribution in [1.82, 2.24) is 14.9 Å². The quantitative estimate of drug-likeness (QED) is 0.564. The molecule has 1 saturated heterocycles. The Morgan fingerprint density at radius 1 is 1.03 bits per heavy atom. The van der Waals surface area contributed by atoms with E-state index < -0.39 is 5.97 Å². The monoisotopic (exact) mass is 448 g/mol. The molecule has 1 unspecified atom stereocenters. The van der Waals surface area contributed by atoms with Crippen molar-refractivity contribution in [3.8, 4) is 5.75 Å². The number of aromatic carboxylic acids is 1. The third-order valence-corrected chi connectivity index (χ3v) is 5.38. The van der Waals surface area contributed by atoms with Crippen LogP contribution >= 0.6 is 0 Å². The molecule has 0 aliphatic carbocycles. The van der Waals surface area contributed by atoms with Crippen molar-refractivity contribution in [2.24, 2.45) is 0 Å². The summed E-state index contributed by atoms with van der Waals surface area (Å²) < 4.78 is 19.4. The maximum absolute atomic E-state index is 13.3. The third-order valence-electron chi connectivity index (χ3n) is 5.38. The fourth-order valence-corrected chi connectivity index (χ4v) is 3.59. The largest absolute Gasteiger partial charge is 0.485 e. The first kappa shape index (κ1) is 22.4. The van der Waals surface area contributed by atoms with E-state index in [0.29, 0.717) is 18.2 Å². The molecule has 1 N–H and O–H groups in total. The van der Waals surface area contributed by atoms with E-state index in [2.05, 4.69) is 14.9 Å². The number of anilines is 1. The number of carboxylic acid groups (broad SMARTS) is 1. The Balaban J connectivity index is 1.38. The van der Waals surface area contributed by atoms with Crippen LogP contribution in [0.3, 0.4) is 0 Å². The number of rotatable bonds is 8. The van der Waals surface area contributed by atoms with Crippen LogP contribution in [0.25, 0.3) is 6.08 Å². The molecule has 2 aromatic carbocycles. The standard InChI is InChI=1S/C25H25FN4O3/c26-21-7-10-22(11-8-21)33-23(9-6-19-4-2-1-3-5-19)18-29-12-14-30(15-13-29)25-27-16-20(17-28-25)24(31)32/h1-11,16-17,23H,12-15,18H2,(H,31,32). The van der Waals surface area contributed by atoms with Gasteiger partial charge in [-0.05, 0) is 35.9 Å². The van der Waals surface area contributed by atoms with Gasteiger partial charge in [0.05, 0.1) is 5.56 Å². The van der Waals surface area contributed by atoms with Gasteiger partial charge in [-0.15, -0.1) is 0 Å². The normalized spacial score (nSPS) is 15.5. The predicted octanol–water partition coefficient (Wildman–Crippen LogP) is 3.60. The molecule has 1 atom stereocenters. The SMILES string of the molecule is O=C(O)c1cnc(N2CCN(CC(C=Cc3ccccc3)Oc3ccc(F)cc3)CC2)nc1. The maximum atomic E-state index is 13.3. The topological polar surface area (TPSA) is 78.8 Å². The van der Waals surface area contributed by atoms with Crippen LogP contribution < -0.4 is 9.64 Å². The summed E-state index contributed by atoms with van der Waals surface area (Å²) in [5.74, 6) is -0.192. The third kappa shape index (κ3) is 6.36. The molecule has 170 valence electrons. The number of nitrogens with zero attached hydrogens (tertiary/aromatic N) is 4. The first-order chi connectivity index (χ1) is 16.1. The number of benzene rings is 2. The van der Waals surface area contributed by atoms with Gasteiger partial charge < -0.3 is 14.7 Å². The van der Waals surface area contributed by atoms with Crippen molar-refractivity contribution < 1.29 is 19.0 Å². The second kappa shape index (κ2) is 10.7. The Labute approximate surface area is 191 Å². The Morgan fingerprint density at radius 3 is 2.33 bits per heavy atom. The Bertz CT molecular complexity index is 1070. The molecule has 2 heterocycles. The fraction of sp³-hybridized carbons (Fsp3) is 0.240. The molecule has 3 aromatic rings. The molecule has 4 rings (SSSR count). The lowest BCUT2D eigenvalue weighted by Gasteiger charge is -2.36.